The first kappa shape index (κ1) is 13.7. The summed E-state index contributed by atoms with van der Waals surface area (Å²) in [6.07, 6.45) is 2.80. The summed E-state index contributed by atoms with van der Waals surface area (Å²) in [5.41, 5.74) is 1.29. The second-order valence-corrected chi connectivity index (χ2v) is 4.82. The molecule has 1 aromatic carbocycles. The van der Waals surface area contributed by atoms with E-state index in [1.807, 2.05) is 6.07 Å². The topological polar surface area (TPSA) is 31.9 Å². The van der Waals surface area contributed by atoms with Crippen LogP contribution in [0.2, 0.25) is 0 Å². The van der Waals surface area contributed by atoms with Crippen molar-refractivity contribution in [3.8, 4) is 11.3 Å². The van der Waals surface area contributed by atoms with Crippen LogP contribution in [0.5, 0.6) is 0 Å². The summed E-state index contributed by atoms with van der Waals surface area (Å²) in [5, 5.41) is 0. The Labute approximate surface area is 113 Å². The van der Waals surface area contributed by atoms with Crippen LogP contribution in [-0.4, -0.2) is 28.5 Å². The van der Waals surface area contributed by atoms with Crippen LogP contribution in [-0.2, 0) is 0 Å². The average molecular weight is 261 g/mol. The third-order valence-electron chi connectivity index (χ3n) is 3.39. The summed E-state index contributed by atoms with van der Waals surface area (Å²) in [5.74, 6) is 0.640. The van der Waals surface area contributed by atoms with Gasteiger partial charge in [-0.05, 0) is 39.1 Å². The van der Waals surface area contributed by atoms with Crippen molar-refractivity contribution in [2.45, 2.75) is 26.3 Å². The number of nitrogens with one attached hydrogen (secondary N) is 1. The van der Waals surface area contributed by atoms with Crippen LogP contribution in [0.25, 0.3) is 11.3 Å². The number of hydrogen-bond acceptors (Lipinski definition) is 2. The Kier molecular flexibility index (Phi) is 4.32. The lowest BCUT2D eigenvalue weighted by molar-refractivity contribution is 0.254. The van der Waals surface area contributed by atoms with E-state index in [0.29, 0.717) is 5.56 Å². The Balaban J connectivity index is 2.22. The molecule has 3 nitrogen and oxygen atoms in total. The average Bonchev–Trinajstić information content (AvgIpc) is 2.88. The maximum Gasteiger partial charge on any atom is 0.132 e. The summed E-state index contributed by atoms with van der Waals surface area (Å²) in [4.78, 5) is 9.82. The monoisotopic (exact) mass is 261 g/mol. The molecule has 2 rings (SSSR count). The molecule has 0 spiro atoms. The number of H-pyrrole nitrogens is 1. The maximum absolute atomic E-state index is 13.7. The summed E-state index contributed by atoms with van der Waals surface area (Å²) < 4.78 is 13.7. The highest BCUT2D eigenvalue weighted by atomic mass is 19.1. The lowest BCUT2D eigenvalue weighted by Gasteiger charge is -2.22. The lowest BCUT2D eigenvalue weighted by Crippen LogP contribution is -2.23. The van der Waals surface area contributed by atoms with Gasteiger partial charge in [0, 0.05) is 5.56 Å². The molecule has 0 aliphatic rings. The summed E-state index contributed by atoms with van der Waals surface area (Å²) in [6.45, 7) is 5.26. The van der Waals surface area contributed by atoms with Gasteiger partial charge in [-0.1, -0.05) is 19.1 Å². The largest absolute Gasteiger partial charge is 0.341 e. The van der Waals surface area contributed by atoms with Gasteiger partial charge in [0.25, 0.3) is 0 Å². The van der Waals surface area contributed by atoms with Crippen LogP contribution >= 0.6 is 0 Å². The van der Waals surface area contributed by atoms with Gasteiger partial charge < -0.3 is 4.98 Å². The maximum atomic E-state index is 13.7. The van der Waals surface area contributed by atoms with Crippen molar-refractivity contribution in [3.63, 3.8) is 0 Å². The molecule has 1 atom stereocenters. The molecule has 0 unspecified atom stereocenters. The van der Waals surface area contributed by atoms with Gasteiger partial charge >= 0.3 is 0 Å². The van der Waals surface area contributed by atoms with Crippen LogP contribution in [0.15, 0.2) is 30.5 Å². The third-order valence-corrected chi connectivity index (χ3v) is 3.39. The highest BCUT2D eigenvalue weighted by Gasteiger charge is 2.15. The normalized spacial score (nSPS) is 12.9. The molecule has 0 saturated carbocycles. The molecule has 0 aliphatic heterocycles. The number of nitrogens with zero attached hydrogens (tertiary/aromatic N) is 2. The summed E-state index contributed by atoms with van der Waals surface area (Å²) in [6, 6.07) is 6.93. The minimum Gasteiger partial charge on any atom is -0.341 e. The van der Waals surface area contributed by atoms with Crippen molar-refractivity contribution in [1.82, 2.24) is 14.9 Å². The highest BCUT2D eigenvalue weighted by molar-refractivity contribution is 5.59. The van der Waals surface area contributed by atoms with Crippen molar-refractivity contribution in [3.05, 3.63) is 42.1 Å². The van der Waals surface area contributed by atoms with Crippen LogP contribution < -0.4 is 0 Å². The Morgan fingerprint density at radius 1 is 1.37 bits per heavy atom. The first-order valence-electron chi connectivity index (χ1n) is 6.63. The van der Waals surface area contributed by atoms with Crippen LogP contribution in [0, 0.1) is 5.82 Å². The first-order valence-corrected chi connectivity index (χ1v) is 6.63. The van der Waals surface area contributed by atoms with E-state index in [1.165, 1.54) is 6.07 Å². The number of halogens is 1. The van der Waals surface area contributed by atoms with E-state index < -0.39 is 0 Å². The standard InChI is InChI=1S/C15H20FN3/c1-4-9-19(3)11(2)15-17-10-14(18-15)12-7-5-6-8-13(12)16/h5-8,10-11H,4,9H2,1-3H3,(H,17,18)/t11-/m0/s1. The van der Waals surface area contributed by atoms with Gasteiger partial charge in [-0.2, -0.15) is 0 Å². The Morgan fingerprint density at radius 2 is 2.11 bits per heavy atom. The number of aromatic amines is 1. The molecular weight excluding hydrogens is 241 g/mol. The molecule has 4 heteroatoms. The minimum absolute atomic E-state index is 0.195. The van der Waals surface area contributed by atoms with Gasteiger partial charge in [-0.3, -0.25) is 4.90 Å². The van der Waals surface area contributed by atoms with E-state index in [1.54, 1.807) is 18.3 Å². The molecule has 1 N–H and O–H groups in total. The number of rotatable bonds is 5. The number of benzene rings is 1. The number of hydrogen-bond donors (Lipinski definition) is 1. The second kappa shape index (κ2) is 5.97. The van der Waals surface area contributed by atoms with Crippen molar-refractivity contribution in [2.24, 2.45) is 0 Å². The van der Waals surface area contributed by atoms with Gasteiger partial charge in [0.05, 0.1) is 17.9 Å². The zero-order valence-corrected chi connectivity index (χ0v) is 11.7. The minimum atomic E-state index is -0.229. The van der Waals surface area contributed by atoms with Crippen molar-refractivity contribution in [2.75, 3.05) is 13.6 Å². The summed E-state index contributed by atoms with van der Waals surface area (Å²) >= 11 is 0. The molecule has 102 valence electrons. The fourth-order valence-electron chi connectivity index (χ4n) is 2.12. The molecule has 2 aromatic rings. The number of aromatic nitrogens is 2. The Bertz CT molecular complexity index is 536. The molecule has 0 fully saturated rings. The molecule has 1 heterocycles. The van der Waals surface area contributed by atoms with E-state index >= 15 is 0 Å². The predicted molar refractivity (Wildman–Crippen MR) is 75.3 cm³/mol. The predicted octanol–water partition coefficient (Wildman–Crippen LogP) is 3.62. The SMILES string of the molecule is CCCN(C)[C@@H](C)c1ncc(-c2ccccc2F)[nH]1. The van der Waals surface area contributed by atoms with Crippen molar-refractivity contribution < 1.29 is 4.39 Å². The van der Waals surface area contributed by atoms with Gasteiger partial charge in [0.1, 0.15) is 11.6 Å². The molecular formula is C15H20FN3. The van der Waals surface area contributed by atoms with Gasteiger partial charge in [0.2, 0.25) is 0 Å². The van der Waals surface area contributed by atoms with Gasteiger partial charge in [0.15, 0.2) is 0 Å². The highest BCUT2D eigenvalue weighted by Crippen LogP contribution is 2.23. The van der Waals surface area contributed by atoms with Crippen LogP contribution in [0.3, 0.4) is 0 Å². The Morgan fingerprint density at radius 3 is 2.79 bits per heavy atom. The zero-order chi connectivity index (χ0) is 13.8. The number of imidazole rings is 1. The summed E-state index contributed by atoms with van der Waals surface area (Å²) in [7, 11) is 2.07. The van der Waals surface area contributed by atoms with E-state index in [-0.39, 0.29) is 11.9 Å². The molecule has 0 saturated heterocycles. The smallest absolute Gasteiger partial charge is 0.132 e. The van der Waals surface area contributed by atoms with Gasteiger partial charge in [-0.25, -0.2) is 9.37 Å². The van der Waals surface area contributed by atoms with E-state index in [9.17, 15) is 4.39 Å². The van der Waals surface area contributed by atoms with Crippen molar-refractivity contribution >= 4 is 0 Å². The molecule has 0 bridgehead atoms. The fraction of sp³-hybridized carbons (Fsp3) is 0.400. The second-order valence-electron chi connectivity index (χ2n) is 4.82. The third kappa shape index (κ3) is 3.01. The molecule has 1 aromatic heterocycles. The van der Waals surface area contributed by atoms with Crippen LogP contribution in [0.1, 0.15) is 32.1 Å². The lowest BCUT2D eigenvalue weighted by atomic mass is 10.1. The van der Waals surface area contributed by atoms with E-state index in [0.717, 1.165) is 24.5 Å². The van der Waals surface area contributed by atoms with E-state index in [2.05, 4.69) is 35.8 Å². The van der Waals surface area contributed by atoms with Crippen LogP contribution in [0.4, 0.5) is 4.39 Å². The van der Waals surface area contributed by atoms with E-state index in [4.69, 9.17) is 0 Å². The molecule has 0 amide bonds. The van der Waals surface area contributed by atoms with Gasteiger partial charge in [-0.15, -0.1) is 0 Å². The molecule has 0 radical (unpaired) electrons. The zero-order valence-electron chi connectivity index (χ0n) is 11.7. The molecule has 19 heavy (non-hydrogen) atoms. The fourth-order valence-corrected chi connectivity index (χ4v) is 2.12. The molecule has 0 aliphatic carbocycles. The first-order chi connectivity index (χ1) is 9.13. The van der Waals surface area contributed by atoms with Crippen molar-refractivity contribution in [1.29, 1.82) is 0 Å². The quantitative estimate of drug-likeness (QED) is 0.891. The Hall–Kier alpha value is -1.68.